The first-order chi connectivity index (χ1) is 8.40. The maximum atomic E-state index is 11.5. The lowest BCUT2D eigenvalue weighted by molar-refractivity contribution is -0.129. The molecule has 6 nitrogen and oxygen atoms in total. The van der Waals surface area contributed by atoms with Gasteiger partial charge in [-0.3, -0.25) is 9.69 Å². The normalized spacial score (nSPS) is 10.4. The minimum atomic E-state index is -1.05. The van der Waals surface area contributed by atoms with Gasteiger partial charge in [0.2, 0.25) is 5.91 Å². The monoisotopic (exact) mass is 251 g/mol. The van der Waals surface area contributed by atoms with Gasteiger partial charge >= 0.3 is 5.97 Å². The van der Waals surface area contributed by atoms with Crippen molar-refractivity contribution in [2.45, 2.75) is 6.54 Å². The molecule has 6 heteroatoms. The van der Waals surface area contributed by atoms with E-state index >= 15 is 0 Å². The van der Waals surface area contributed by atoms with Gasteiger partial charge in [0.05, 0.1) is 12.2 Å². The van der Waals surface area contributed by atoms with Gasteiger partial charge in [0.15, 0.2) is 0 Å². The Kier molecular flexibility index (Phi) is 4.79. The summed E-state index contributed by atoms with van der Waals surface area (Å²) >= 11 is 0. The van der Waals surface area contributed by atoms with Gasteiger partial charge in [-0.05, 0) is 19.2 Å². The first-order valence-electron chi connectivity index (χ1n) is 5.48. The lowest BCUT2D eigenvalue weighted by Crippen LogP contribution is -2.34. The molecule has 0 fully saturated rings. The standard InChI is InChI=1S/C12H17N3O3/c1-14(2)11(16)8-15(3)7-9-5-4-6-10(13-9)12(17)18/h4-6H,7-8H2,1-3H3,(H,17,18). The predicted molar refractivity (Wildman–Crippen MR) is 66.2 cm³/mol. The molecule has 0 aliphatic carbocycles. The van der Waals surface area contributed by atoms with Crippen LogP contribution in [0.5, 0.6) is 0 Å². The van der Waals surface area contributed by atoms with Gasteiger partial charge in [0, 0.05) is 20.6 Å². The number of carbonyl (C=O) groups is 2. The van der Waals surface area contributed by atoms with Gasteiger partial charge in [-0.1, -0.05) is 6.07 Å². The van der Waals surface area contributed by atoms with Crippen LogP contribution in [0, 0.1) is 0 Å². The number of carboxylic acids is 1. The molecule has 0 saturated heterocycles. The second kappa shape index (κ2) is 6.11. The Morgan fingerprint density at radius 2 is 1.94 bits per heavy atom. The number of carbonyl (C=O) groups excluding carboxylic acids is 1. The van der Waals surface area contributed by atoms with E-state index in [4.69, 9.17) is 5.11 Å². The van der Waals surface area contributed by atoms with Crippen molar-refractivity contribution < 1.29 is 14.7 Å². The fourth-order valence-corrected chi connectivity index (χ4v) is 1.39. The molecule has 1 rings (SSSR count). The summed E-state index contributed by atoms with van der Waals surface area (Å²) < 4.78 is 0. The highest BCUT2D eigenvalue weighted by Crippen LogP contribution is 2.03. The third kappa shape index (κ3) is 4.14. The molecule has 1 aromatic rings. The summed E-state index contributed by atoms with van der Waals surface area (Å²) in [6.07, 6.45) is 0. The Labute approximate surface area is 106 Å². The van der Waals surface area contributed by atoms with Crippen LogP contribution in [0.1, 0.15) is 16.2 Å². The number of aromatic carboxylic acids is 1. The summed E-state index contributed by atoms with van der Waals surface area (Å²) in [4.78, 5) is 29.6. The van der Waals surface area contributed by atoms with Crippen molar-refractivity contribution >= 4 is 11.9 Å². The third-order valence-electron chi connectivity index (χ3n) is 2.36. The van der Waals surface area contributed by atoms with E-state index in [2.05, 4.69) is 4.98 Å². The summed E-state index contributed by atoms with van der Waals surface area (Å²) in [5.74, 6) is -1.06. The summed E-state index contributed by atoms with van der Waals surface area (Å²) in [5, 5.41) is 8.82. The Hall–Kier alpha value is -1.95. The maximum absolute atomic E-state index is 11.5. The van der Waals surface area contributed by atoms with E-state index in [9.17, 15) is 9.59 Å². The van der Waals surface area contributed by atoms with Crippen molar-refractivity contribution in [3.05, 3.63) is 29.6 Å². The Morgan fingerprint density at radius 1 is 1.28 bits per heavy atom. The number of hydrogen-bond acceptors (Lipinski definition) is 4. The summed E-state index contributed by atoms with van der Waals surface area (Å²) in [6.45, 7) is 0.701. The van der Waals surface area contributed by atoms with E-state index in [1.165, 1.54) is 11.0 Å². The largest absolute Gasteiger partial charge is 0.477 e. The molecule has 0 bridgehead atoms. The van der Waals surface area contributed by atoms with Crippen molar-refractivity contribution in [2.75, 3.05) is 27.7 Å². The fourth-order valence-electron chi connectivity index (χ4n) is 1.39. The van der Waals surface area contributed by atoms with Gasteiger partial charge in [-0.2, -0.15) is 0 Å². The van der Waals surface area contributed by atoms with Gasteiger partial charge in [-0.25, -0.2) is 9.78 Å². The van der Waals surface area contributed by atoms with E-state index in [1.807, 2.05) is 0 Å². The molecule has 0 aromatic carbocycles. The van der Waals surface area contributed by atoms with E-state index in [0.717, 1.165) is 0 Å². The third-order valence-corrected chi connectivity index (χ3v) is 2.36. The molecule has 0 saturated carbocycles. The fraction of sp³-hybridized carbons (Fsp3) is 0.417. The van der Waals surface area contributed by atoms with Crippen molar-refractivity contribution in [3.8, 4) is 0 Å². The molecule has 0 unspecified atom stereocenters. The molecule has 0 aliphatic heterocycles. The molecular weight excluding hydrogens is 234 g/mol. The second-order valence-corrected chi connectivity index (χ2v) is 4.28. The first-order valence-corrected chi connectivity index (χ1v) is 5.48. The number of carboxylic acid groups (broad SMARTS) is 1. The minimum absolute atomic E-state index is 0.00751. The topological polar surface area (TPSA) is 73.7 Å². The number of likely N-dealkylation sites (N-methyl/N-ethyl adjacent to an activating group) is 2. The molecule has 0 radical (unpaired) electrons. The molecule has 98 valence electrons. The molecule has 0 spiro atoms. The van der Waals surface area contributed by atoms with E-state index in [-0.39, 0.29) is 18.1 Å². The van der Waals surface area contributed by atoms with E-state index in [1.54, 1.807) is 38.2 Å². The minimum Gasteiger partial charge on any atom is -0.477 e. The van der Waals surface area contributed by atoms with Crippen LogP contribution in [0.25, 0.3) is 0 Å². The number of rotatable bonds is 5. The zero-order valence-electron chi connectivity index (χ0n) is 10.8. The molecule has 0 aliphatic rings. The number of hydrogen-bond donors (Lipinski definition) is 1. The summed E-state index contributed by atoms with van der Waals surface area (Å²) in [7, 11) is 5.18. The molecular formula is C12H17N3O3. The van der Waals surface area contributed by atoms with Gasteiger partial charge in [-0.15, -0.1) is 0 Å². The van der Waals surface area contributed by atoms with Crippen molar-refractivity contribution in [1.29, 1.82) is 0 Å². The molecule has 1 heterocycles. The van der Waals surface area contributed by atoms with Crippen LogP contribution >= 0.6 is 0 Å². The van der Waals surface area contributed by atoms with Crippen LogP contribution in [-0.2, 0) is 11.3 Å². The Bertz CT molecular complexity index is 446. The zero-order chi connectivity index (χ0) is 13.7. The molecule has 0 atom stereocenters. The molecule has 1 N–H and O–H groups in total. The molecule has 18 heavy (non-hydrogen) atoms. The van der Waals surface area contributed by atoms with Gasteiger partial charge in [0.25, 0.3) is 0 Å². The first kappa shape index (κ1) is 14.1. The Morgan fingerprint density at radius 3 is 2.50 bits per heavy atom. The van der Waals surface area contributed by atoms with Crippen LogP contribution in [-0.4, -0.2) is 59.5 Å². The summed E-state index contributed by atoms with van der Waals surface area (Å²) in [6, 6.07) is 4.83. The van der Waals surface area contributed by atoms with Crippen LogP contribution in [0.4, 0.5) is 0 Å². The average Bonchev–Trinajstić information content (AvgIpc) is 2.28. The van der Waals surface area contributed by atoms with Crippen molar-refractivity contribution in [1.82, 2.24) is 14.8 Å². The number of pyridine rings is 1. The van der Waals surface area contributed by atoms with Crippen molar-refractivity contribution in [2.24, 2.45) is 0 Å². The Balaban J connectivity index is 2.64. The number of nitrogens with zero attached hydrogens (tertiary/aromatic N) is 3. The highest BCUT2D eigenvalue weighted by atomic mass is 16.4. The molecule has 1 amide bonds. The maximum Gasteiger partial charge on any atom is 0.354 e. The average molecular weight is 251 g/mol. The predicted octanol–water partition coefficient (Wildman–Crippen LogP) is 0.300. The van der Waals surface area contributed by atoms with Crippen molar-refractivity contribution in [3.63, 3.8) is 0 Å². The SMILES string of the molecule is CN(CC(=O)N(C)C)Cc1cccc(C(=O)O)n1. The second-order valence-electron chi connectivity index (χ2n) is 4.28. The number of amides is 1. The quantitative estimate of drug-likeness (QED) is 0.814. The summed E-state index contributed by atoms with van der Waals surface area (Å²) in [5.41, 5.74) is 0.642. The van der Waals surface area contributed by atoms with Crippen LogP contribution in [0.3, 0.4) is 0 Å². The van der Waals surface area contributed by atoms with E-state index < -0.39 is 5.97 Å². The van der Waals surface area contributed by atoms with Gasteiger partial charge in [0.1, 0.15) is 5.69 Å². The number of aromatic nitrogens is 1. The van der Waals surface area contributed by atoms with Crippen LogP contribution in [0.15, 0.2) is 18.2 Å². The lowest BCUT2D eigenvalue weighted by Gasteiger charge is -2.18. The van der Waals surface area contributed by atoms with Gasteiger partial charge < -0.3 is 10.0 Å². The smallest absolute Gasteiger partial charge is 0.354 e. The van der Waals surface area contributed by atoms with E-state index in [0.29, 0.717) is 12.2 Å². The lowest BCUT2D eigenvalue weighted by atomic mass is 10.3. The zero-order valence-corrected chi connectivity index (χ0v) is 10.8. The highest BCUT2D eigenvalue weighted by molar-refractivity contribution is 5.85. The van der Waals surface area contributed by atoms with Crippen LogP contribution in [0.2, 0.25) is 0 Å². The van der Waals surface area contributed by atoms with Crippen LogP contribution < -0.4 is 0 Å². The highest BCUT2D eigenvalue weighted by Gasteiger charge is 2.10. The molecule has 1 aromatic heterocycles.